The number of hydrogen-bond acceptors (Lipinski definition) is 4. The van der Waals surface area contributed by atoms with Gasteiger partial charge < -0.3 is 19.3 Å². The summed E-state index contributed by atoms with van der Waals surface area (Å²) in [6.45, 7) is 11.5. The molecule has 0 aromatic carbocycles. The van der Waals surface area contributed by atoms with E-state index in [2.05, 4.69) is 0 Å². The monoisotopic (exact) mass is 352 g/mol. The third kappa shape index (κ3) is 1.91. The highest BCUT2D eigenvalue weighted by Crippen LogP contribution is 2.65. The Labute approximate surface area is 142 Å². The third-order valence-corrected chi connectivity index (χ3v) is 6.42. The third-order valence-electron chi connectivity index (χ3n) is 5.38. The minimum atomic E-state index is -1.32. The number of fused-ring (bicyclic) bond motifs is 1. The molecule has 0 radical (unpaired) electrons. The van der Waals surface area contributed by atoms with Crippen molar-refractivity contribution in [1.82, 2.24) is 0 Å². The summed E-state index contributed by atoms with van der Waals surface area (Å²) in [6, 6.07) is 0. The van der Waals surface area contributed by atoms with Gasteiger partial charge in [0.25, 0.3) is 0 Å². The van der Waals surface area contributed by atoms with Crippen molar-refractivity contribution in [3.05, 3.63) is 0 Å². The van der Waals surface area contributed by atoms with E-state index < -0.39 is 39.2 Å². The van der Waals surface area contributed by atoms with Gasteiger partial charge in [-0.3, -0.25) is 0 Å². The van der Waals surface area contributed by atoms with Crippen LogP contribution in [0.2, 0.25) is 0 Å². The van der Waals surface area contributed by atoms with Gasteiger partial charge in [-0.25, -0.2) is 0 Å². The maximum absolute atomic E-state index is 11.0. The predicted molar refractivity (Wildman–Crippen MR) is 85.5 cm³/mol. The summed E-state index contributed by atoms with van der Waals surface area (Å²) in [5.74, 6) is -1.14. The Hall–Kier alpha value is 0.420. The first-order chi connectivity index (χ1) is 9.75. The van der Waals surface area contributed by atoms with Crippen molar-refractivity contribution in [2.45, 2.75) is 93.6 Å². The molecule has 128 valence electrons. The molecule has 1 N–H and O–H groups in total. The van der Waals surface area contributed by atoms with Crippen molar-refractivity contribution in [2.75, 3.05) is 5.88 Å². The van der Waals surface area contributed by atoms with E-state index in [1.165, 1.54) is 0 Å². The minimum absolute atomic E-state index is 0.183. The van der Waals surface area contributed by atoms with Crippen LogP contribution in [0.25, 0.3) is 0 Å². The second-order valence-electron chi connectivity index (χ2n) is 8.74. The maximum atomic E-state index is 11.0. The fourth-order valence-electron chi connectivity index (χ4n) is 4.94. The van der Waals surface area contributed by atoms with Crippen LogP contribution >= 0.6 is 23.2 Å². The van der Waals surface area contributed by atoms with Crippen molar-refractivity contribution in [3.63, 3.8) is 0 Å². The van der Waals surface area contributed by atoms with Crippen molar-refractivity contribution < 1.29 is 19.3 Å². The molecule has 0 amide bonds. The fourth-order valence-corrected chi connectivity index (χ4v) is 6.18. The molecule has 5 atom stereocenters. The lowest BCUT2D eigenvalue weighted by molar-refractivity contribution is -0.300. The van der Waals surface area contributed by atoms with E-state index in [0.717, 1.165) is 0 Å². The summed E-state index contributed by atoms with van der Waals surface area (Å²) >= 11 is 13.2. The smallest absolute Gasteiger partial charge is 0.218 e. The first-order valence-electron chi connectivity index (χ1n) is 7.78. The SMILES string of the molecule is CC1(C)C[C@@](C)(O)[C@@]2(O1)O[C@]1(C)CC(C)(C)O[C@]1(CCl)[C@H]2Cl. The summed E-state index contributed by atoms with van der Waals surface area (Å²) in [7, 11) is 0. The van der Waals surface area contributed by atoms with Crippen LogP contribution in [0.5, 0.6) is 0 Å². The van der Waals surface area contributed by atoms with Crippen molar-refractivity contribution in [3.8, 4) is 0 Å². The quantitative estimate of drug-likeness (QED) is 0.736. The van der Waals surface area contributed by atoms with E-state index in [-0.39, 0.29) is 5.88 Å². The zero-order chi connectivity index (χ0) is 16.8. The van der Waals surface area contributed by atoms with Crippen LogP contribution < -0.4 is 0 Å². The zero-order valence-corrected chi connectivity index (χ0v) is 15.6. The van der Waals surface area contributed by atoms with E-state index in [1.54, 1.807) is 6.92 Å². The Morgan fingerprint density at radius 1 is 0.955 bits per heavy atom. The molecule has 0 aliphatic carbocycles. The van der Waals surface area contributed by atoms with Gasteiger partial charge in [0, 0.05) is 12.8 Å². The first kappa shape index (κ1) is 17.2. The molecule has 22 heavy (non-hydrogen) atoms. The summed E-state index contributed by atoms with van der Waals surface area (Å²) in [5.41, 5.74) is -3.76. The summed E-state index contributed by atoms with van der Waals surface area (Å²) in [5, 5.41) is 10.3. The van der Waals surface area contributed by atoms with Crippen LogP contribution in [-0.2, 0) is 14.2 Å². The van der Waals surface area contributed by atoms with E-state index in [1.807, 2.05) is 34.6 Å². The van der Waals surface area contributed by atoms with Crippen LogP contribution in [-0.4, -0.2) is 50.2 Å². The Bertz CT molecular complexity index is 506. The molecule has 3 aliphatic rings. The fraction of sp³-hybridized carbons (Fsp3) is 1.00. The van der Waals surface area contributed by atoms with Gasteiger partial charge in [0.2, 0.25) is 5.79 Å². The van der Waals surface area contributed by atoms with Crippen molar-refractivity contribution in [2.24, 2.45) is 0 Å². The molecule has 0 aromatic heterocycles. The van der Waals surface area contributed by atoms with E-state index >= 15 is 0 Å². The summed E-state index contributed by atoms with van der Waals surface area (Å²) in [4.78, 5) is 0. The second kappa shape index (κ2) is 4.33. The normalized spacial score (nSPS) is 55.8. The average Bonchev–Trinajstić information content (AvgIpc) is 2.68. The number of ether oxygens (including phenoxy) is 3. The van der Waals surface area contributed by atoms with Crippen molar-refractivity contribution >= 4 is 23.2 Å². The van der Waals surface area contributed by atoms with Gasteiger partial charge in [0.05, 0.1) is 17.1 Å². The molecular weight excluding hydrogens is 327 g/mol. The lowest BCUT2D eigenvalue weighted by atomic mass is 9.79. The predicted octanol–water partition coefficient (Wildman–Crippen LogP) is 3.21. The van der Waals surface area contributed by atoms with Crippen LogP contribution in [0.4, 0.5) is 0 Å². The molecule has 3 fully saturated rings. The molecule has 0 saturated carbocycles. The van der Waals surface area contributed by atoms with Gasteiger partial charge in [-0.15, -0.1) is 23.2 Å². The number of alkyl halides is 2. The Morgan fingerprint density at radius 3 is 1.91 bits per heavy atom. The largest absolute Gasteiger partial charge is 0.384 e. The Kier molecular flexibility index (Phi) is 3.39. The van der Waals surface area contributed by atoms with E-state index in [4.69, 9.17) is 37.4 Å². The molecule has 4 nitrogen and oxygen atoms in total. The lowest BCUT2D eigenvalue weighted by Gasteiger charge is -2.40. The molecule has 3 saturated heterocycles. The molecule has 1 spiro atoms. The molecule has 3 heterocycles. The lowest BCUT2D eigenvalue weighted by Crippen LogP contribution is -2.59. The van der Waals surface area contributed by atoms with Gasteiger partial charge in [-0.2, -0.15) is 0 Å². The Morgan fingerprint density at radius 2 is 1.50 bits per heavy atom. The van der Waals surface area contributed by atoms with Gasteiger partial charge >= 0.3 is 0 Å². The number of aliphatic hydroxyl groups is 1. The van der Waals surface area contributed by atoms with E-state index in [9.17, 15) is 5.11 Å². The van der Waals surface area contributed by atoms with Crippen LogP contribution in [0, 0.1) is 0 Å². The average molecular weight is 353 g/mol. The highest BCUT2D eigenvalue weighted by atomic mass is 35.5. The number of hydrogen-bond donors (Lipinski definition) is 1. The molecule has 3 aliphatic heterocycles. The van der Waals surface area contributed by atoms with E-state index in [0.29, 0.717) is 12.8 Å². The van der Waals surface area contributed by atoms with Gasteiger partial charge in [-0.1, -0.05) is 0 Å². The van der Waals surface area contributed by atoms with Crippen LogP contribution in [0.1, 0.15) is 54.4 Å². The van der Waals surface area contributed by atoms with Gasteiger partial charge in [0.1, 0.15) is 22.2 Å². The van der Waals surface area contributed by atoms with Crippen molar-refractivity contribution in [1.29, 1.82) is 0 Å². The Balaban J connectivity index is 2.11. The molecule has 0 bridgehead atoms. The second-order valence-corrected chi connectivity index (χ2v) is 9.44. The summed E-state index contributed by atoms with van der Waals surface area (Å²) in [6.07, 6.45) is 1.07. The zero-order valence-electron chi connectivity index (χ0n) is 14.1. The molecule has 0 aromatic rings. The number of halogens is 2. The molecular formula is C16H26Cl2O4. The van der Waals surface area contributed by atoms with Gasteiger partial charge in [0.15, 0.2) is 0 Å². The molecule has 0 unspecified atom stereocenters. The van der Waals surface area contributed by atoms with Gasteiger partial charge in [-0.05, 0) is 41.5 Å². The molecule has 3 rings (SSSR count). The number of rotatable bonds is 1. The highest BCUT2D eigenvalue weighted by molar-refractivity contribution is 6.25. The maximum Gasteiger partial charge on any atom is 0.218 e. The highest BCUT2D eigenvalue weighted by Gasteiger charge is 2.81. The first-order valence-corrected chi connectivity index (χ1v) is 8.75. The standard InChI is InChI=1S/C16H26Cl2O4/c1-11(2)7-13(5,19)16(21-11)10(18)15(9-17)14(6,22-16)8-12(3,4)20-15/h10,19H,7-9H2,1-6H3/t10-,13-,14-,15-,16+/m1/s1. The van der Waals surface area contributed by atoms with Crippen LogP contribution in [0.3, 0.4) is 0 Å². The summed E-state index contributed by atoms with van der Waals surface area (Å²) < 4.78 is 18.9. The molecule has 6 heteroatoms. The topological polar surface area (TPSA) is 47.9 Å². The van der Waals surface area contributed by atoms with Crippen LogP contribution in [0.15, 0.2) is 0 Å². The minimum Gasteiger partial charge on any atom is -0.384 e.